The van der Waals surface area contributed by atoms with E-state index < -0.39 is 20.3 Å². The lowest BCUT2D eigenvalue weighted by Crippen LogP contribution is -2.69. The summed E-state index contributed by atoms with van der Waals surface area (Å²) in [5.74, 6) is 0. The zero-order valence-electron chi connectivity index (χ0n) is 9.71. The highest BCUT2D eigenvalue weighted by atomic mass is 28.4. The van der Waals surface area contributed by atoms with Gasteiger partial charge in [0.15, 0.2) is 0 Å². The van der Waals surface area contributed by atoms with E-state index >= 15 is 0 Å². The predicted molar refractivity (Wildman–Crippen MR) is 115 cm³/mol. The Morgan fingerprint density at radius 2 is 0.810 bits per heavy atom. The van der Waals surface area contributed by atoms with Crippen molar-refractivity contribution in [2.45, 2.75) is 82.5 Å². The van der Waals surface area contributed by atoms with E-state index in [1.54, 1.807) is 0 Å². The van der Waals surface area contributed by atoms with Gasteiger partial charge in [-0.25, -0.2) is 0 Å². The summed E-state index contributed by atoms with van der Waals surface area (Å²) in [5, 5.41) is 0. The summed E-state index contributed by atoms with van der Waals surface area (Å²) in [7, 11) is -3.95. The van der Waals surface area contributed by atoms with Crippen LogP contribution < -0.4 is 0 Å². The van der Waals surface area contributed by atoms with Crippen LogP contribution in [0.5, 0.6) is 0 Å². The van der Waals surface area contributed by atoms with Gasteiger partial charge >= 0.3 is 9.05 Å². The highest BCUT2D eigenvalue weighted by Crippen LogP contribution is 2.50. The standard InChI is InChI=1S/C9H20O4Si.4CH4.3H4Si/c1-7(2)8(3,4)12-14(10,11)13-9(7,5)6;;;;;;;/h10-11H,1-6H3;7*1H4. The molecule has 0 aromatic rings. The molecule has 1 aliphatic heterocycles. The first-order valence-electron chi connectivity index (χ1n) is 4.76. The van der Waals surface area contributed by atoms with E-state index in [2.05, 4.69) is 0 Å². The molecule has 21 heavy (non-hydrogen) atoms. The first kappa shape index (κ1) is 43.0. The molecule has 0 saturated carbocycles. The Morgan fingerprint density at radius 3 is 1.00 bits per heavy atom. The minimum Gasteiger partial charge on any atom is -0.367 e. The van der Waals surface area contributed by atoms with Crippen LogP contribution in [-0.4, -0.2) is 62.7 Å². The number of rotatable bonds is 0. The minimum atomic E-state index is -3.95. The predicted octanol–water partition coefficient (Wildman–Crippen LogP) is -0.774. The van der Waals surface area contributed by atoms with Gasteiger partial charge in [-0.2, -0.15) is 0 Å². The lowest BCUT2D eigenvalue weighted by Gasteiger charge is -2.57. The fourth-order valence-corrected chi connectivity index (χ4v) is 3.55. The van der Waals surface area contributed by atoms with Gasteiger partial charge in [0.05, 0.1) is 11.2 Å². The van der Waals surface area contributed by atoms with Crippen molar-refractivity contribution >= 4 is 41.9 Å². The third-order valence-electron chi connectivity index (χ3n) is 3.79. The summed E-state index contributed by atoms with van der Waals surface area (Å²) >= 11 is 0. The van der Waals surface area contributed by atoms with Gasteiger partial charge in [-0.1, -0.05) is 43.6 Å². The Bertz CT molecular complexity index is 235. The summed E-state index contributed by atoms with van der Waals surface area (Å²) in [4.78, 5) is 19.1. The van der Waals surface area contributed by atoms with E-state index in [1.807, 2.05) is 41.5 Å². The average Bonchev–Trinajstić information content (AvgIpc) is 1.77. The maximum atomic E-state index is 9.53. The monoisotopic (exact) mass is 380 g/mol. The van der Waals surface area contributed by atoms with Crippen LogP contribution in [0, 0.1) is 5.41 Å². The van der Waals surface area contributed by atoms with Gasteiger partial charge in [0, 0.05) is 5.41 Å². The first-order valence-corrected chi connectivity index (χ1v) is 6.47. The lowest BCUT2D eigenvalue weighted by molar-refractivity contribution is -0.232. The molecule has 0 aliphatic carbocycles. The van der Waals surface area contributed by atoms with Gasteiger partial charge in [0.25, 0.3) is 0 Å². The Kier molecular flexibility index (Phi) is 23.1. The SMILES string of the molecule is C.C.C.C.CC1(C)O[Si](O)(O)OC(C)(C)C1(C)C.[SiH4].[SiH4].[SiH4]. The number of hydrogen-bond acceptors (Lipinski definition) is 4. The number of hydrogen-bond donors (Lipinski definition) is 2. The van der Waals surface area contributed by atoms with E-state index in [1.165, 1.54) is 0 Å². The van der Waals surface area contributed by atoms with Crippen molar-refractivity contribution in [3.8, 4) is 0 Å². The molecule has 4 nitrogen and oxygen atoms in total. The maximum Gasteiger partial charge on any atom is 0.675 e. The molecule has 1 fully saturated rings. The highest BCUT2D eigenvalue weighted by molar-refractivity contribution is 6.50. The maximum absolute atomic E-state index is 9.53. The third kappa shape index (κ3) is 7.69. The largest absolute Gasteiger partial charge is 0.675 e. The molecule has 0 bridgehead atoms. The molecule has 1 saturated heterocycles. The molecule has 1 aliphatic rings. The van der Waals surface area contributed by atoms with Crippen molar-refractivity contribution in [3.05, 3.63) is 0 Å². The van der Waals surface area contributed by atoms with Gasteiger partial charge in [-0.3, -0.25) is 0 Å². The average molecular weight is 381 g/mol. The third-order valence-corrected chi connectivity index (χ3v) is 5.34. The van der Waals surface area contributed by atoms with Crippen LogP contribution in [0.2, 0.25) is 0 Å². The second kappa shape index (κ2) is 11.3. The molecule has 0 aromatic carbocycles. The van der Waals surface area contributed by atoms with Crippen LogP contribution in [0.15, 0.2) is 0 Å². The lowest BCUT2D eigenvalue weighted by atomic mass is 9.66. The summed E-state index contributed by atoms with van der Waals surface area (Å²) in [6, 6.07) is 0. The molecule has 0 atom stereocenters. The van der Waals surface area contributed by atoms with E-state index in [0.29, 0.717) is 0 Å². The van der Waals surface area contributed by atoms with Crippen molar-refractivity contribution in [1.82, 2.24) is 0 Å². The molecule has 1 heterocycles. The van der Waals surface area contributed by atoms with Gasteiger partial charge in [-0.05, 0) is 60.6 Å². The second-order valence-corrected chi connectivity index (χ2v) is 6.90. The van der Waals surface area contributed by atoms with Gasteiger partial charge < -0.3 is 18.4 Å². The van der Waals surface area contributed by atoms with E-state index in [0.717, 1.165) is 0 Å². The van der Waals surface area contributed by atoms with Gasteiger partial charge in [-0.15, -0.1) is 0 Å². The van der Waals surface area contributed by atoms with Crippen LogP contribution in [-0.2, 0) is 8.85 Å². The normalized spacial score (nSPS) is 21.7. The molecule has 2 N–H and O–H groups in total. The Morgan fingerprint density at radius 1 is 0.619 bits per heavy atom. The van der Waals surface area contributed by atoms with Crippen molar-refractivity contribution in [1.29, 1.82) is 0 Å². The van der Waals surface area contributed by atoms with Crippen LogP contribution >= 0.6 is 0 Å². The Labute approximate surface area is 148 Å². The summed E-state index contributed by atoms with van der Waals surface area (Å²) in [6.07, 6.45) is 0. The molecule has 140 valence electrons. The van der Waals surface area contributed by atoms with Crippen molar-refractivity contribution in [2.24, 2.45) is 5.41 Å². The topological polar surface area (TPSA) is 58.9 Å². The first-order chi connectivity index (χ1) is 5.91. The summed E-state index contributed by atoms with van der Waals surface area (Å²) < 4.78 is 10.5. The molecule has 0 radical (unpaired) electrons. The minimum absolute atomic E-state index is 0. The zero-order valence-corrected chi connectivity index (χ0v) is 10.7. The molecular weight excluding hydrogens is 332 g/mol. The van der Waals surface area contributed by atoms with E-state index in [9.17, 15) is 9.59 Å². The van der Waals surface area contributed by atoms with Crippen molar-refractivity contribution < 1.29 is 18.4 Å². The van der Waals surface area contributed by atoms with Gasteiger partial charge in [0.1, 0.15) is 0 Å². The summed E-state index contributed by atoms with van der Waals surface area (Å²) in [6.45, 7) is 11.4. The molecule has 0 aromatic heterocycles. The van der Waals surface area contributed by atoms with Crippen LogP contribution in [0.4, 0.5) is 0 Å². The zero-order chi connectivity index (χ0) is 11.4. The molecule has 8 heteroatoms. The van der Waals surface area contributed by atoms with Crippen LogP contribution in [0.1, 0.15) is 71.2 Å². The highest BCUT2D eigenvalue weighted by Gasteiger charge is 2.63. The van der Waals surface area contributed by atoms with Gasteiger partial charge in [0.2, 0.25) is 0 Å². The quantitative estimate of drug-likeness (QED) is 0.542. The molecule has 0 amide bonds. The Hall–Kier alpha value is 0.708. The summed E-state index contributed by atoms with van der Waals surface area (Å²) in [5.41, 5.74) is -1.54. The van der Waals surface area contributed by atoms with E-state index in [-0.39, 0.29) is 68.0 Å². The second-order valence-electron chi connectivity index (χ2n) is 5.40. The molecule has 0 unspecified atom stereocenters. The molecule has 1 rings (SSSR count). The van der Waals surface area contributed by atoms with Crippen molar-refractivity contribution in [2.75, 3.05) is 0 Å². The van der Waals surface area contributed by atoms with Crippen molar-refractivity contribution in [3.63, 3.8) is 0 Å². The van der Waals surface area contributed by atoms with Crippen LogP contribution in [0.3, 0.4) is 0 Å². The smallest absolute Gasteiger partial charge is 0.367 e. The van der Waals surface area contributed by atoms with Crippen LogP contribution in [0.25, 0.3) is 0 Å². The van der Waals surface area contributed by atoms with E-state index in [4.69, 9.17) is 8.85 Å². The Balaban J connectivity index is -0.0000000560. The molecule has 0 spiro atoms. The fourth-order valence-electron chi connectivity index (χ4n) is 1.67. The fraction of sp³-hybridized carbons (Fsp3) is 1.00. The molecular formula is C13H48O4Si4.